The minimum atomic E-state index is -4.53. The first-order valence-corrected chi connectivity index (χ1v) is 8.58. The molecule has 2 aromatic heterocycles. The van der Waals surface area contributed by atoms with Gasteiger partial charge in [-0.15, -0.1) is 0 Å². The summed E-state index contributed by atoms with van der Waals surface area (Å²) in [6, 6.07) is 3.20. The Labute approximate surface area is 159 Å². The lowest BCUT2D eigenvalue weighted by atomic mass is 10.2. The number of alkyl halides is 3. The fourth-order valence-corrected chi connectivity index (χ4v) is 3.08. The van der Waals surface area contributed by atoms with Crippen molar-refractivity contribution < 1.29 is 23.0 Å². The number of pyridine rings is 1. The van der Waals surface area contributed by atoms with Crippen LogP contribution in [0.4, 0.5) is 30.8 Å². The van der Waals surface area contributed by atoms with E-state index in [1.54, 1.807) is 26.4 Å². The number of anilines is 3. The van der Waals surface area contributed by atoms with Gasteiger partial charge in [-0.1, -0.05) is 0 Å². The van der Waals surface area contributed by atoms with Gasteiger partial charge in [0.25, 0.3) is 0 Å². The van der Waals surface area contributed by atoms with Gasteiger partial charge in [-0.25, -0.2) is 9.97 Å². The van der Waals surface area contributed by atoms with Gasteiger partial charge < -0.3 is 25.4 Å². The Hall–Kier alpha value is -2.66. The number of nitrogens with one attached hydrogen (secondary N) is 2. The summed E-state index contributed by atoms with van der Waals surface area (Å²) in [6.45, 7) is 0.363. The lowest BCUT2D eigenvalue weighted by molar-refractivity contribution is -0.137. The van der Waals surface area contributed by atoms with Crippen LogP contribution in [-0.2, 0) is 17.5 Å². The third-order valence-corrected chi connectivity index (χ3v) is 4.46. The number of methoxy groups -OCH3 is 1. The monoisotopic (exact) mass is 398 g/mol. The fraction of sp³-hybridized carbons (Fsp3) is 0.471. The van der Waals surface area contributed by atoms with Crippen molar-refractivity contribution in [2.24, 2.45) is 0 Å². The van der Waals surface area contributed by atoms with Crippen molar-refractivity contribution in [2.45, 2.75) is 24.9 Å². The number of aliphatic hydroxyl groups is 1. The number of aliphatic hydroxyl groups excluding tert-OH is 1. The lowest BCUT2D eigenvalue weighted by Crippen LogP contribution is -2.34. The fourth-order valence-electron chi connectivity index (χ4n) is 3.08. The van der Waals surface area contributed by atoms with Gasteiger partial charge in [0.15, 0.2) is 0 Å². The van der Waals surface area contributed by atoms with Crippen LogP contribution in [0.1, 0.15) is 11.3 Å². The average molecular weight is 398 g/mol. The van der Waals surface area contributed by atoms with E-state index in [0.29, 0.717) is 24.9 Å². The van der Waals surface area contributed by atoms with Crippen molar-refractivity contribution in [1.82, 2.24) is 15.0 Å². The standard InChI is InChI=1S/C17H21F3N6O2/c1-21-16-22-4-3-15(25-16)26-7-12(13(8-26)28-2)24-14-6-10(17(18,19)20)5-11(9-27)23-14/h3-6,12-13,27H,7-9H2,1-2H3,(H,23,24)(H,21,22,25)/t12-,13+/m1/s1. The molecule has 8 nitrogen and oxygen atoms in total. The Morgan fingerprint density at radius 3 is 2.71 bits per heavy atom. The van der Waals surface area contributed by atoms with E-state index in [1.807, 2.05) is 4.90 Å². The molecule has 0 radical (unpaired) electrons. The van der Waals surface area contributed by atoms with Crippen LogP contribution < -0.4 is 15.5 Å². The molecular weight excluding hydrogens is 377 g/mol. The van der Waals surface area contributed by atoms with Crippen LogP contribution >= 0.6 is 0 Å². The lowest BCUT2D eigenvalue weighted by Gasteiger charge is -2.20. The highest BCUT2D eigenvalue weighted by molar-refractivity contribution is 5.47. The molecule has 0 bridgehead atoms. The van der Waals surface area contributed by atoms with E-state index >= 15 is 0 Å². The summed E-state index contributed by atoms with van der Waals surface area (Å²) in [7, 11) is 3.25. The van der Waals surface area contributed by atoms with Crippen molar-refractivity contribution in [3.05, 3.63) is 35.7 Å². The third-order valence-electron chi connectivity index (χ3n) is 4.46. The second kappa shape index (κ2) is 8.15. The topological polar surface area (TPSA) is 95.4 Å². The molecule has 1 aliphatic heterocycles. The van der Waals surface area contributed by atoms with E-state index in [1.165, 1.54) is 0 Å². The van der Waals surface area contributed by atoms with Crippen LogP contribution in [0, 0.1) is 0 Å². The van der Waals surface area contributed by atoms with Gasteiger partial charge in [-0.05, 0) is 18.2 Å². The Balaban J connectivity index is 1.81. The maximum Gasteiger partial charge on any atom is 0.416 e. The van der Waals surface area contributed by atoms with Crippen molar-refractivity contribution in [1.29, 1.82) is 0 Å². The summed E-state index contributed by atoms with van der Waals surface area (Å²) in [6.07, 6.45) is -3.20. The molecule has 0 amide bonds. The highest BCUT2D eigenvalue weighted by Crippen LogP contribution is 2.32. The molecule has 2 atom stereocenters. The van der Waals surface area contributed by atoms with Crippen LogP contribution in [0.5, 0.6) is 0 Å². The van der Waals surface area contributed by atoms with E-state index in [-0.39, 0.29) is 23.7 Å². The zero-order valence-corrected chi connectivity index (χ0v) is 15.4. The molecule has 2 aromatic rings. The van der Waals surface area contributed by atoms with Gasteiger partial charge >= 0.3 is 6.18 Å². The minimum Gasteiger partial charge on any atom is -0.390 e. The van der Waals surface area contributed by atoms with Gasteiger partial charge in [0.1, 0.15) is 11.6 Å². The first kappa shape index (κ1) is 20.1. The largest absolute Gasteiger partial charge is 0.416 e. The predicted molar refractivity (Wildman–Crippen MR) is 97.2 cm³/mol. The molecule has 3 rings (SSSR count). The Morgan fingerprint density at radius 1 is 1.29 bits per heavy atom. The molecule has 152 valence electrons. The molecule has 1 aliphatic rings. The Bertz CT molecular complexity index is 820. The summed E-state index contributed by atoms with van der Waals surface area (Å²) in [5.41, 5.74) is -0.928. The highest BCUT2D eigenvalue weighted by Gasteiger charge is 2.35. The second-order valence-corrected chi connectivity index (χ2v) is 6.31. The number of hydrogen-bond acceptors (Lipinski definition) is 8. The Morgan fingerprint density at radius 2 is 2.07 bits per heavy atom. The summed E-state index contributed by atoms with van der Waals surface area (Å²) >= 11 is 0. The van der Waals surface area contributed by atoms with E-state index in [2.05, 4.69) is 25.6 Å². The summed E-state index contributed by atoms with van der Waals surface area (Å²) in [4.78, 5) is 14.5. The quantitative estimate of drug-likeness (QED) is 0.677. The molecule has 0 saturated carbocycles. The molecule has 0 spiro atoms. The van der Waals surface area contributed by atoms with Gasteiger partial charge in [-0.3, -0.25) is 0 Å². The molecule has 11 heteroatoms. The first-order valence-electron chi connectivity index (χ1n) is 8.58. The summed E-state index contributed by atoms with van der Waals surface area (Å²) in [5.74, 6) is 1.18. The molecule has 3 N–H and O–H groups in total. The van der Waals surface area contributed by atoms with Crippen LogP contribution in [0.25, 0.3) is 0 Å². The first-order chi connectivity index (χ1) is 13.3. The van der Waals surface area contributed by atoms with Crippen LogP contribution in [0.3, 0.4) is 0 Å². The van der Waals surface area contributed by atoms with Gasteiger partial charge in [0.05, 0.1) is 30.0 Å². The predicted octanol–water partition coefficient (Wildman–Crippen LogP) is 1.74. The zero-order chi connectivity index (χ0) is 20.3. The number of aromatic nitrogens is 3. The Kier molecular flexibility index (Phi) is 5.84. The average Bonchev–Trinajstić information content (AvgIpc) is 3.09. The smallest absolute Gasteiger partial charge is 0.390 e. The van der Waals surface area contributed by atoms with Gasteiger partial charge in [0.2, 0.25) is 5.95 Å². The van der Waals surface area contributed by atoms with Crippen molar-refractivity contribution in [2.75, 3.05) is 42.8 Å². The van der Waals surface area contributed by atoms with Crippen LogP contribution in [0.2, 0.25) is 0 Å². The molecule has 1 saturated heterocycles. The van der Waals surface area contributed by atoms with Crippen molar-refractivity contribution in [3.8, 4) is 0 Å². The SMILES string of the molecule is CNc1nccc(N2C[C@H](OC)[C@H](Nc3cc(C(F)(F)F)cc(CO)n3)C2)n1. The normalized spacial score (nSPS) is 19.7. The maximum absolute atomic E-state index is 13.1. The number of hydrogen-bond donors (Lipinski definition) is 3. The molecule has 28 heavy (non-hydrogen) atoms. The molecule has 1 fully saturated rings. The molecule has 3 heterocycles. The summed E-state index contributed by atoms with van der Waals surface area (Å²) < 4.78 is 44.8. The number of ether oxygens (including phenoxy) is 1. The van der Waals surface area contributed by atoms with Crippen molar-refractivity contribution >= 4 is 17.6 Å². The molecule has 0 aliphatic carbocycles. The highest BCUT2D eigenvalue weighted by atomic mass is 19.4. The second-order valence-electron chi connectivity index (χ2n) is 6.31. The number of nitrogens with zero attached hydrogens (tertiary/aromatic N) is 4. The third kappa shape index (κ3) is 4.42. The maximum atomic E-state index is 13.1. The van der Waals surface area contributed by atoms with Crippen molar-refractivity contribution in [3.63, 3.8) is 0 Å². The minimum absolute atomic E-state index is 0.0337. The number of rotatable bonds is 6. The van der Waals surface area contributed by atoms with E-state index in [9.17, 15) is 18.3 Å². The van der Waals surface area contributed by atoms with Crippen LogP contribution in [-0.4, -0.2) is 59.5 Å². The van der Waals surface area contributed by atoms with E-state index in [4.69, 9.17) is 4.74 Å². The zero-order valence-electron chi connectivity index (χ0n) is 15.4. The van der Waals surface area contributed by atoms with Crippen LogP contribution in [0.15, 0.2) is 24.4 Å². The van der Waals surface area contributed by atoms with E-state index in [0.717, 1.165) is 12.1 Å². The van der Waals surface area contributed by atoms with E-state index < -0.39 is 18.3 Å². The molecule has 0 aromatic carbocycles. The van der Waals surface area contributed by atoms with Gasteiger partial charge in [0, 0.05) is 33.4 Å². The summed E-state index contributed by atoms with van der Waals surface area (Å²) in [5, 5.41) is 15.1. The number of halogens is 3. The molecular formula is C17H21F3N6O2. The molecule has 0 unspecified atom stereocenters. The van der Waals surface area contributed by atoms with Gasteiger partial charge in [-0.2, -0.15) is 18.2 Å².